The van der Waals surface area contributed by atoms with Crippen molar-refractivity contribution in [2.24, 2.45) is 0 Å². The summed E-state index contributed by atoms with van der Waals surface area (Å²) in [6.07, 6.45) is 9.83. The Morgan fingerprint density at radius 2 is 1.56 bits per heavy atom. The van der Waals surface area contributed by atoms with Crippen LogP contribution in [-0.2, 0) is 0 Å². The van der Waals surface area contributed by atoms with Crippen LogP contribution in [0.25, 0.3) is 47.7 Å². The molecule has 0 saturated heterocycles. The summed E-state index contributed by atoms with van der Waals surface area (Å²) in [7, 11) is 0. The first-order valence-electron chi connectivity index (χ1n) is 14.0. The van der Waals surface area contributed by atoms with Gasteiger partial charge in [0.05, 0.1) is 16.7 Å². The fraction of sp³-hybridized carbons (Fsp3) is 0.0541. The molecule has 7 aromatic rings. The fourth-order valence-electron chi connectivity index (χ4n) is 6.23. The van der Waals surface area contributed by atoms with Gasteiger partial charge in [0.2, 0.25) is 0 Å². The lowest BCUT2D eigenvalue weighted by Crippen LogP contribution is -2.16. The van der Waals surface area contributed by atoms with E-state index >= 15 is 0 Å². The molecule has 0 fully saturated rings. The number of hydrogen-bond donors (Lipinski definition) is 0. The summed E-state index contributed by atoms with van der Waals surface area (Å²) in [5.41, 5.74) is 7.35. The van der Waals surface area contributed by atoms with E-state index in [9.17, 15) is 4.79 Å². The van der Waals surface area contributed by atoms with Gasteiger partial charge in [-0.3, -0.25) is 4.79 Å². The first-order valence-corrected chi connectivity index (χ1v) is 14.8. The average molecular weight is 547 g/mol. The van der Waals surface area contributed by atoms with E-state index in [-0.39, 0.29) is 0 Å². The van der Waals surface area contributed by atoms with Gasteiger partial charge in [0.1, 0.15) is 6.29 Å². The van der Waals surface area contributed by atoms with E-state index in [1.165, 1.54) is 20.2 Å². The van der Waals surface area contributed by atoms with E-state index in [1.807, 2.05) is 29.5 Å². The number of rotatable bonds is 5. The van der Waals surface area contributed by atoms with Crippen LogP contribution >= 0.6 is 11.3 Å². The van der Waals surface area contributed by atoms with Gasteiger partial charge >= 0.3 is 0 Å². The Kier molecular flexibility index (Phi) is 5.61. The Morgan fingerprint density at radius 1 is 0.707 bits per heavy atom. The fourth-order valence-corrected chi connectivity index (χ4v) is 7.32. The van der Waals surface area contributed by atoms with Gasteiger partial charge in [-0.2, -0.15) is 0 Å². The number of allylic oxidation sites excluding steroid dienone is 3. The molecular weight excluding hydrogens is 520 g/mol. The Hall–Kier alpha value is -4.93. The van der Waals surface area contributed by atoms with E-state index < -0.39 is 0 Å². The van der Waals surface area contributed by atoms with Crippen LogP contribution in [0.4, 0.5) is 11.4 Å². The zero-order chi connectivity index (χ0) is 27.3. The summed E-state index contributed by atoms with van der Waals surface area (Å²) >= 11 is 1.84. The second-order valence-corrected chi connectivity index (χ2v) is 11.5. The summed E-state index contributed by atoms with van der Waals surface area (Å²) in [5.74, 6) is 0. The zero-order valence-electron chi connectivity index (χ0n) is 22.3. The molecule has 0 bridgehead atoms. The summed E-state index contributed by atoms with van der Waals surface area (Å²) in [4.78, 5) is 14.3. The third-order valence-corrected chi connectivity index (χ3v) is 9.19. The number of benzene rings is 5. The lowest BCUT2D eigenvalue weighted by atomic mass is 10.0. The highest BCUT2D eigenvalue weighted by Gasteiger charge is 2.22. The van der Waals surface area contributed by atoms with Crippen molar-refractivity contribution in [1.29, 1.82) is 0 Å². The van der Waals surface area contributed by atoms with E-state index in [4.69, 9.17) is 0 Å². The van der Waals surface area contributed by atoms with Crippen LogP contribution in [0.1, 0.15) is 23.2 Å². The number of para-hydroxylation sites is 1. The molecule has 0 N–H and O–H groups in total. The molecule has 0 spiro atoms. The quantitative estimate of drug-likeness (QED) is 0.201. The first-order chi connectivity index (χ1) is 20.3. The number of aldehydes is 1. The molecule has 0 aliphatic heterocycles. The maximum absolute atomic E-state index is 11.9. The second-order valence-electron chi connectivity index (χ2n) is 10.5. The normalized spacial score (nSPS) is 13.3. The topological polar surface area (TPSA) is 25.2 Å². The largest absolute Gasteiger partial charge is 0.310 e. The first kappa shape index (κ1) is 23.9. The number of carbonyl (C=O) groups is 1. The van der Waals surface area contributed by atoms with Crippen molar-refractivity contribution < 1.29 is 4.79 Å². The third-order valence-electron chi connectivity index (χ3n) is 8.04. The van der Waals surface area contributed by atoms with Crippen LogP contribution in [0, 0.1) is 0 Å². The average Bonchev–Trinajstić information content (AvgIpc) is 3.57. The highest BCUT2D eigenvalue weighted by Crippen LogP contribution is 2.44. The molecule has 1 aliphatic rings. The lowest BCUT2D eigenvalue weighted by Gasteiger charge is -2.28. The molecule has 5 aromatic carbocycles. The molecule has 0 unspecified atom stereocenters. The van der Waals surface area contributed by atoms with Crippen molar-refractivity contribution >= 4 is 71.0 Å². The Balaban J connectivity index is 1.46. The molecule has 2 aromatic heterocycles. The highest BCUT2D eigenvalue weighted by molar-refractivity contribution is 7.25. The van der Waals surface area contributed by atoms with E-state index in [0.717, 1.165) is 63.7 Å². The molecule has 4 heteroatoms. The molecule has 2 heterocycles. The van der Waals surface area contributed by atoms with E-state index in [0.29, 0.717) is 5.56 Å². The maximum Gasteiger partial charge on any atom is 0.150 e. The Labute approximate surface area is 241 Å². The minimum atomic E-state index is 0.675. The van der Waals surface area contributed by atoms with Gasteiger partial charge in [-0.05, 0) is 85.6 Å². The molecule has 0 amide bonds. The monoisotopic (exact) mass is 546 g/mol. The number of nitrogens with zero attached hydrogens (tertiary/aromatic N) is 2. The number of aromatic nitrogens is 1. The summed E-state index contributed by atoms with van der Waals surface area (Å²) in [6.45, 7) is 0. The number of thiophene rings is 1. The molecule has 196 valence electrons. The van der Waals surface area contributed by atoms with Crippen LogP contribution in [0.3, 0.4) is 0 Å². The van der Waals surface area contributed by atoms with Crippen LogP contribution in [0.5, 0.6) is 0 Å². The Bertz CT molecular complexity index is 2180. The third kappa shape index (κ3) is 3.83. The number of fused-ring (bicyclic) bond motifs is 6. The van der Waals surface area contributed by atoms with Gasteiger partial charge in [0, 0.05) is 53.6 Å². The van der Waals surface area contributed by atoms with Crippen molar-refractivity contribution in [1.82, 2.24) is 4.57 Å². The van der Waals surface area contributed by atoms with Crippen molar-refractivity contribution in [2.75, 3.05) is 4.90 Å². The van der Waals surface area contributed by atoms with E-state index in [2.05, 4.69) is 119 Å². The number of carbonyl (C=O) groups excluding carboxylic acids is 1. The van der Waals surface area contributed by atoms with Gasteiger partial charge in [0.25, 0.3) is 0 Å². The van der Waals surface area contributed by atoms with E-state index in [1.54, 1.807) is 0 Å². The standard InChI is InChI=1S/C37H26N2OS/c40-24-25-18-20-32-31(22-25)37-33(15-9-16-34(37)39(32)27-12-5-2-6-13-27)38(26-10-3-1-4-11-26)28-19-21-36-30(23-28)29-14-7-8-17-35(29)41-36/h2-3,5-24H,1,4H2. The SMILES string of the molecule is O=Cc1ccc2c(c1)c1c(N(C3=CCCC=C3)c3ccc4sc5ccccc5c4c3)cccc1n2-c1ccccc1. The van der Waals surface area contributed by atoms with Crippen molar-refractivity contribution in [3.8, 4) is 5.69 Å². The second kappa shape index (κ2) is 9.61. The zero-order valence-corrected chi connectivity index (χ0v) is 23.1. The maximum atomic E-state index is 11.9. The van der Waals surface area contributed by atoms with Crippen LogP contribution in [0.2, 0.25) is 0 Å². The van der Waals surface area contributed by atoms with Gasteiger partial charge in [-0.1, -0.05) is 54.6 Å². The summed E-state index contributed by atoms with van der Waals surface area (Å²) in [6, 6.07) is 38.5. The number of anilines is 2. The summed E-state index contributed by atoms with van der Waals surface area (Å²) in [5, 5.41) is 4.76. The molecule has 0 saturated carbocycles. The molecule has 0 atom stereocenters. The molecule has 8 rings (SSSR count). The molecule has 41 heavy (non-hydrogen) atoms. The number of hydrogen-bond acceptors (Lipinski definition) is 3. The molecule has 0 radical (unpaired) electrons. The van der Waals surface area contributed by atoms with Crippen molar-refractivity contribution in [3.63, 3.8) is 0 Å². The van der Waals surface area contributed by atoms with Crippen LogP contribution in [0.15, 0.2) is 133 Å². The van der Waals surface area contributed by atoms with Gasteiger partial charge in [-0.25, -0.2) is 0 Å². The minimum absolute atomic E-state index is 0.675. The predicted molar refractivity (Wildman–Crippen MR) is 174 cm³/mol. The van der Waals surface area contributed by atoms with Crippen molar-refractivity contribution in [3.05, 3.63) is 139 Å². The van der Waals surface area contributed by atoms with Crippen LogP contribution in [-0.4, -0.2) is 10.9 Å². The molecular formula is C37H26N2OS. The van der Waals surface area contributed by atoms with Crippen molar-refractivity contribution in [2.45, 2.75) is 12.8 Å². The highest BCUT2D eigenvalue weighted by atomic mass is 32.1. The molecule has 1 aliphatic carbocycles. The van der Waals surface area contributed by atoms with Gasteiger partial charge in [0.15, 0.2) is 0 Å². The van der Waals surface area contributed by atoms with Crippen LogP contribution < -0.4 is 4.90 Å². The minimum Gasteiger partial charge on any atom is -0.310 e. The van der Waals surface area contributed by atoms with Gasteiger partial charge < -0.3 is 9.47 Å². The van der Waals surface area contributed by atoms with Gasteiger partial charge in [-0.15, -0.1) is 11.3 Å². The summed E-state index contributed by atoms with van der Waals surface area (Å²) < 4.78 is 4.90. The molecule has 3 nitrogen and oxygen atoms in total. The predicted octanol–water partition coefficient (Wildman–Crippen LogP) is 10.3. The smallest absolute Gasteiger partial charge is 0.150 e. The Morgan fingerprint density at radius 3 is 2.41 bits per heavy atom. The lowest BCUT2D eigenvalue weighted by molar-refractivity contribution is 0.112.